The highest BCUT2D eigenvalue weighted by atomic mass is 32.2. The molecule has 1 heterocycles. The van der Waals surface area contributed by atoms with Crippen LogP contribution in [0.4, 0.5) is 5.69 Å². The summed E-state index contributed by atoms with van der Waals surface area (Å²) < 4.78 is 12.1. The fourth-order valence-corrected chi connectivity index (χ4v) is 5.43. The van der Waals surface area contributed by atoms with E-state index in [0.717, 1.165) is 27.9 Å². The number of hydrogen-bond acceptors (Lipinski definition) is 6. The molecular weight excluding hydrogens is 516 g/mol. The molecule has 1 saturated heterocycles. The zero-order valence-corrected chi connectivity index (χ0v) is 23.4. The molecule has 0 spiro atoms. The molecule has 1 aliphatic heterocycles. The maximum absolute atomic E-state index is 13.2. The number of carbonyl (C=O) groups is 2. The van der Waals surface area contributed by atoms with Crippen LogP contribution in [0, 0.1) is 13.8 Å². The molecule has 3 aromatic rings. The van der Waals surface area contributed by atoms with Crippen molar-refractivity contribution < 1.29 is 19.1 Å². The maximum Gasteiger partial charge on any atom is 0.266 e. The molecule has 0 bridgehead atoms. The molecule has 0 saturated carbocycles. The third kappa shape index (κ3) is 6.44. The average Bonchev–Trinajstić information content (AvgIpc) is 3.18. The van der Waals surface area contributed by atoms with Crippen LogP contribution in [-0.4, -0.2) is 34.2 Å². The van der Waals surface area contributed by atoms with E-state index in [9.17, 15) is 9.59 Å². The van der Waals surface area contributed by atoms with Gasteiger partial charge in [0.2, 0.25) is 0 Å². The Labute approximate surface area is 233 Å². The molecule has 0 aliphatic carbocycles. The van der Waals surface area contributed by atoms with E-state index >= 15 is 0 Å². The molecule has 0 radical (unpaired) electrons. The van der Waals surface area contributed by atoms with E-state index in [2.05, 4.69) is 5.32 Å². The van der Waals surface area contributed by atoms with E-state index in [1.54, 1.807) is 23.1 Å². The van der Waals surface area contributed by atoms with Crippen LogP contribution >= 0.6 is 24.0 Å². The summed E-state index contributed by atoms with van der Waals surface area (Å²) >= 11 is 6.82. The van der Waals surface area contributed by atoms with E-state index in [1.807, 2.05) is 82.3 Å². The van der Waals surface area contributed by atoms with Gasteiger partial charge >= 0.3 is 0 Å². The Bertz CT molecular complexity index is 1390. The second kappa shape index (κ2) is 12.3. The van der Waals surface area contributed by atoms with Gasteiger partial charge in [-0.15, -0.1) is 0 Å². The first-order valence-corrected chi connectivity index (χ1v) is 13.6. The summed E-state index contributed by atoms with van der Waals surface area (Å²) in [6, 6.07) is 20.8. The highest BCUT2D eigenvalue weighted by molar-refractivity contribution is 8.26. The van der Waals surface area contributed by atoms with E-state index in [1.165, 1.54) is 11.8 Å². The van der Waals surface area contributed by atoms with Gasteiger partial charge in [0.15, 0.2) is 18.1 Å². The van der Waals surface area contributed by atoms with E-state index in [4.69, 9.17) is 21.7 Å². The zero-order chi connectivity index (χ0) is 27.2. The number of carbonyl (C=O) groups excluding carboxylic acids is 2. The minimum absolute atomic E-state index is 0.127. The predicted octanol–water partition coefficient (Wildman–Crippen LogP) is 6.68. The lowest BCUT2D eigenvalue weighted by Gasteiger charge is -2.23. The second-order valence-corrected chi connectivity index (χ2v) is 10.6. The molecule has 8 heteroatoms. The van der Waals surface area contributed by atoms with E-state index in [0.29, 0.717) is 27.3 Å². The molecular formula is C30H30N2O4S2. The zero-order valence-electron chi connectivity index (χ0n) is 21.8. The smallest absolute Gasteiger partial charge is 0.266 e. The highest BCUT2D eigenvalue weighted by Crippen LogP contribution is 2.39. The normalized spacial score (nSPS) is 15.1. The highest BCUT2D eigenvalue weighted by Gasteiger charge is 2.35. The van der Waals surface area contributed by atoms with E-state index in [-0.39, 0.29) is 24.5 Å². The van der Waals surface area contributed by atoms with Crippen LogP contribution in [0.5, 0.6) is 11.5 Å². The molecule has 1 N–H and O–H groups in total. The number of ether oxygens (including phenoxy) is 2. The van der Waals surface area contributed by atoms with E-state index < -0.39 is 0 Å². The Hall–Kier alpha value is -3.62. The second-order valence-electron chi connectivity index (χ2n) is 8.91. The average molecular weight is 547 g/mol. The summed E-state index contributed by atoms with van der Waals surface area (Å²) in [6.07, 6.45) is 1.80. The molecule has 2 amide bonds. The van der Waals surface area contributed by atoms with Gasteiger partial charge < -0.3 is 14.8 Å². The number of rotatable bonds is 9. The minimum Gasteiger partial charge on any atom is -0.490 e. The Kier molecular flexibility index (Phi) is 8.86. The van der Waals surface area contributed by atoms with Gasteiger partial charge in [0.05, 0.1) is 17.6 Å². The van der Waals surface area contributed by atoms with Gasteiger partial charge in [-0.1, -0.05) is 66.4 Å². The summed E-state index contributed by atoms with van der Waals surface area (Å²) in [5.74, 6) is 0.548. The first-order chi connectivity index (χ1) is 18.3. The fourth-order valence-electron chi connectivity index (χ4n) is 4.01. The van der Waals surface area contributed by atoms with Crippen molar-refractivity contribution >= 4 is 51.9 Å². The number of hydrogen-bond donors (Lipinski definition) is 1. The lowest BCUT2D eigenvalue weighted by Crippen LogP contribution is -2.30. The third-order valence-corrected chi connectivity index (χ3v) is 7.54. The monoisotopic (exact) mass is 546 g/mol. The van der Waals surface area contributed by atoms with Gasteiger partial charge in [0.1, 0.15) is 4.32 Å². The fraction of sp³-hybridized carbons (Fsp3) is 0.233. The van der Waals surface area contributed by atoms with Crippen LogP contribution in [0.3, 0.4) is 0 Å². The molecule has 6 nitrogen and oxygen atoms in total. The lowest BCUT2D eigenvalue weighted by molar-refractivity contribution is -0.123. The summed E-state index contributed by atoms with van der Waals surface area (Å²) in [5, 5.41) is 2.85. The quantitative estimate of drug-likeness (QED) is 0.238. The minimum atomic E-state index is -0.268. The molecule has 1 atom stereocenters. The largest absolute Gasteiger partial charge is 0.490 e. The van der Waals surface area contributed by atoms with Crippen LogP contribution in [0.25, 0.3) is 6.08 Å². The number of thiocarbonyl (C=S) groups is 1. The van der Waals surface area contributed by atoms with Crippen LogP contribution < -0.4 is 14.8 Å². The molecule has 3 aromatic carbocycles. The summed E-state index contributed by atoms with van der Waals surface area (Å²) in [5.41, 5.74) is 4.78. The first kappa shape index (κ1) is 27.4. The van der Waals surface area contributed by atoms with Gasteiger partial charge in [-0.25, -0.2) is 0 Å². The van der Waals surface area contributed by atoms with Crippen molar-refractivity contribution in [1.82, 2.24) is 4.90 Å². The van der Waals surface area contributed by atoms with Crippen molar-refractivity contribution in [3.05, 3.63) is 93.9 Å². The third-order valence-electron chi connectivity index (χ3n) is 6.21. The summed E-state index contributed by atoms with van der Waals surface area (Å²) in [6.45, 7) is 8.13. The summed E-state index contributed by atoms with van der Waals surface area (Å²) in [4.78, 5) is 27.9. The van der Waals surface area contributed by atoms with Crippen LogP contribution in [0.2, 0.25) is 0 Å². The van der Waals surface area contributed by atoms with Crippen molar-refractivity contribution in [2.75, 3.05) is 18.5 Å². The number of nitrogens with zero attached hydrogens (tertiary/aromatic N) is 1. The standard InChI is InChI=1S/C30H30N2O4S2/c1-5-35-26-16-22(12-14-25(26)36-18-28(33)31-24-13-11-19(2)20(3)15-24)17-27-29(34)32(30(37)38-27)21(4)23-9-7-6-8-10-23/h6-17,21H,5,18H2,1-4H3,(H,31,33)/b27-17-/t21-/m0/s1. The molecule has 4 rings (SSSR count). The van der Waals surface area contributed by atoms with Gasteiger partial charge in [-0.2, -0.15) is 0 Å². The maximum atomic E-state index is 13.2. The lowest BCUT2D eigenvalue weighted by atomic mass is 10.1. The Balaban J connectivity index is 1.46. The van der Waals surface area contributed by atoms with Crippen molar-refractivity contribution in [2.45, 2.75) is 33.7 Å². The number of nitrogens with one attached hydrogen (secondary N) is 1. The number of anilines is 1. The molecule has 1 fully saturated rings. The van der Waals surface area contributed by atoms with Gasteiger partial charge in [0, 0.05) is 5.69 Å². The van der Waals surface area contributed by atoms with Crippen molar-refractivity contribution in [3.8, 4) is 11.5 Å². The number of thioether (sulfide) groups is 1. The predicted molar refractivity (Wildman–Crippen MR) is 158 cm³/mol. The van der Waals surface area contributed by atoms with Crippen LogP contribution in [0.1, 0.15) is 42.1 Å². The molecule has 0 unspecified atom stereocenters. The van der Waals surface area contributed by atoms with Gasteiger partial charge in [-0.05, 0) is 80.3 Å². The molecule has 1 aliphatic rings. The first-order valence-electron chi connectivity index (χ1n) is 12.4. The Morgan fingerprint density at radius 2 is 1.79 bits per heavy atom. The Morgan fingerprint density at radius 1 is 1.03 bits per heavy atom. The van der Waals surface area contributed by atoms with Crippen molar-refractivity contribution in [2.24, 2.45) is 0 Å². The topological polar surface area (TPSA) is 67.9 Å². The van der Waals surface area contributed by atoms with Crippen molar-refractivity contribution in [1.29, 1.82) is 0 Å². The van der Waals surface area contributed by atoms with Gasteiger partial charge in [-0.3, -0.25) is 14.5 Å². The SMILES string of the molecule is CCOc1cc(/C=C2\SC(=S)N([C@@H](C)c3ccccc3)C2=O)ccc1OCC(=O)Nc1ccc(C)c(C)c1. The number of benzene rings is 3. The summed E-state index contributed by atoms with van der Waals surface area (Å²) in [7, 11) is 0. The molecule has 38 heavy (non-hydrogen) atoms. The van der Waals surface area contributed by atoms with Gasteiger partial charge in [0.25, 0.3) is 11.8 Å². The molecule has 0 aromatic heterocycles. The van der Waals surface area contributed by atoms with Crippen LogP contribution in [0.15, 0.2) is 71.6 Å². The number of amides is 2. The van der Waals surface area contributed by atoms with Crippen LogP contribution in [-0.2, 0) is 9.59 Å². The van der Waals surface area contributed by atoms with Crippen molar-refractivity contribution in [3.63, 3.8) is 0 Å². The Morgan fingerprint density at radius 3 is 2.50 bits per heavy atom. The number of aryl methyl sites for hydroxylation is 2. The molecule has 196 valence electrons.